The Kier molecular flexibility index (Phi) is 4.99. The third kappa shape index (κ3) is 3.50. The number of terminal acetylenes is 1. The molecule has 0 amide bonds. The van der Waals surface area contributed by atoms with E-state index >= 15 is 0 Å². The van der Waals surface area contributed by atoms with Crippen LogP contribution in [0.25, 0.3) is 0 Å². The summed E-state index contributed by atoms with van der Waals surface area (Å²) in [6.45, 7) is 4.67. The number of nitrogens with zero attached hydrogens (tertiary/aromatic N) is 3. The highest BCUT2D eigenvalue weighted by molar-refractivity contribution is 9.10. The molecule has 1 aliphatic heterocycles. The second kappa shape index (κ2) is 6.73. The minimum absolute atomic E-state index is 0.105. The van der Waals surface area contributed by atoms with E-state index in [1.165, 1.54) is 0 Å². The largest absolute Gasteiger partial charge is 0.368 e. The molecule has 5 nitrogen and oxygen atoms in total. The molecule has 20 heavy (non-hydrogen) atoms. The Labute approximate surface area is 126 Å². The second-order valence-electron chi connectivity index (χ2n) is 4.68. The molecule has 0 spiro atoms. The van der Waals surface area contributed by atoms with E-state index in [9.17, 15) is 10.1 Å². The molecule has 0 radical (unpaired) electrons. The summed E-state index contributed by atoms with van der Waals surface area (Å²) < 4.78 is 0.767. The van der Waals surface area contributed by atoms with Gasteiger partial charge >= 0.3 is 0 Å². The van der Waals surface area contributed by atoms with Crippen LogP contribution in [0.15, 0.2) is 22.7 Å². The van der Waals surface area contributed by atoms with Gasteiger partial charge in [-0.15, -0.1) is 12.3 Å². The highest BCUT2D eigenvalue weighted by atomic mass is 79.9. The standard InChI is InChI=1S/C14H16BrN3O2/c1-2-3-6-16-7-9-17(10-8-16)14-5-4-12(18(19)20)11-13(14)15/h1,4-5,11H,3,6-10H2. The van der Waals surface area contributed by atoms with Crippen LogP contribution in [0.5, 0.6) is 0 Å². The zero-order chi connectivity index (χ0) is 14.5. The fourth-order valence-corrected chi connectivity index (χ4v) is 2.92. The number of hydrogen-bond acceptors (Lipinski definition) is 4. The van der Waals surface area contributed by atoms with Crippen LogP contribution in [0.2, 0.25) is 0 Å². The molecule has 106 valence electrons. The van der Waals surface area contributed by atoms with Gasteiger partial charge in [-0.25, -0.2) is 0 Å². The minimum Gasteiger partial charge on any atom is -0.368 e. The molecule has 0 N–H and O–H groups in total. The third-order valence-electron chi connectivity index (χ3n) is 3.43. The molecule has 6 heteroatoms. The van der Waals surface area contributed by atoms with E-state index in [-0.39, 0.29) is 10.6 Å². The van der Waals surface area contributed by atoms with Crippen molar-refractivity contribution in [3.8, 4) is 12.3 Å². The number of nitro groups is 1. The fourth-order valence-electron chi connectivity index (χ4n) is 2.30. The predicted octanol–water partition coefficient (Wildman–Crippen LogP) is 2.50. The Morgan fingerprint density at radius 1 is 1.35 bits per heavy atom. The molecule has 0 saturated carbocycles. The number of halogens is 1. The fraction of sp³-hybridized carbons (Fsp3) is 0.429. The number of anilines is 1. The molecule has 1 aromatic carbocycles. The van der Waals surface area contributed by atoms with Crippen molar-refractivity contribution < 1.29 is 4.92 Å². The number of nitro benzene ring substituents is 1. The Bertz CT molecular complexity index is 534. The van der Waals surface area contributed by atoms with E-state index < -0.39 is 0 Å². The minimum atomic E-state index is -0.383. The van der Waals surface area contributed by atoms with E-state index in [0.717, 1.165) is 49.3 Å². The lowest BCUT2D eigenvalue weighted by molar-refractivity contribution is -0.384. The highest BCUT2D eigenvalue weighted by Crippen LogP contribution is 2.30. The molecule has 1 aromatic rings. The van der Waals surface area contributed by atoms with Crippen LogP contribution >= 0.6 is 15.9 Å². The van der Waals surface area contributed by atoms with Gasteiger partial charge < -0.3 is 4.90 Å². The van der Waals surface area contributed by atoms with Gasteiger partial charge in [0, 0.05) is 55.8 Å². The van der Waals surface area contributed by atoms with Crippen molar-refractivity contribution in [2.24, 2.45) is 0 Å². The molecule has 0 aliphatic carbocycles. The van der Waals surface area contributed by atoms with Crippen molar-refractivity contribution >= 4 is 27.3 Å². The van der Waals surface area contributed by atoms with Crippen LogP contribution in [0.3, 0.4) is 0 Å². The molecule has 1 heterocycles. The maximum atomic E-state index is 10.7. The van der Waals surface area contributed by atoms with Gasteiger partial charge in [-0.2, -0.15) is 0 Å². The lowest BCUT2D eigenvalue weighted by Gasteiger charge is -2.36. The summed E-state index contributed by atoms with van der Waals surface area (Å²) in [6.07, 6.45) is 6.05. The Morgan fingerprint density at radius 2 is 2.05 bits per heavy atom. The first-order valence-electron chi connectivity index (χ1n) is 6.46. The van der Waals surface area contributed by atoms with Crippen molar-refractivity contribution in [3.05, 3.63) is 32.8 Å². The number of rotatable bonds is 4. The number of non-ortho nitro benzene ring substituents is 1. The summed E-state index contributed by atoms with van der Waals surface area (Å²) in [7, 11) is 0. The van der Waals surface area contributed by atoms with Crippen LogP contribution in [-0.4, -0.2) is 42.5 Å². The van der Waals surface area contributed by atoms with Crippen molar-refractivity contribution in [1.82, 2.24) is 4.90 Å². The summed E-state index contributed by atoms with van der Waals surface area (Å²) in [5.41, 5.74) is 1.11. The second-order valence-corrected chi connectivity index (χ2v) is 5.53. The molecule has 0 atom stereocenters. The summed E-state index contributed by atoms with van der Waals surface area (Å²) in [6, 6.07) is 4.91. The SMILES string of the molecule is C#CCCN1CCN(c2ccc([N+](=O)[O-])cc2Br)CC1. The van der Waals surface area contributed by atoms with E-state index in [1.807, 2.05) is 0 Å². The van der Waals surface area contributed by atoms with Gasteiger partial charge in [0.2, 0.25) is 0 Å². The van der Waals surface area contributed by atoms with Crippen LogP contribution < -0.4 is 4.90 Å². The van der Waals surface area contributed by atoms with Gasteiger partial charge in [0.25, 0.3) is 5.69 Å². The first-order valence-corrected chi connectivity index (χ1v) is 7.26. The zero-order valence-electron chi connectivity index (χ0n) is 11.1. The third-order valence-corrected chi connectivity index (χ3v) is 4.06. The van der Waals surface area contributed by atoms with Gasteiger partial charge in [-0.05, 0) is 22.0 Å². The highest BCUT2D eigenvalue weighted by Gasteiger charge is 2.19. The molecule has 0 bridgehead atoms. The zero-order valence-corrected chi connectivity index (χ0v) is 12.7. The maximum Gasteiger partial charge on any atom is 0.270 e. The van der Waals surface area contributed by atoms with Crippen molar-refractivity contribution in [1.29, 1.82) is 0 Å². The molecule has 1 fully saturated rings. The van der Waals surface area contributed by atoms with E-state index in [0.29, 0.717) is 0 Å². The van der Waals surface area contributed by atoms with Gasteiger partial charge in [0.1, 0.15) is 0 Å². The van der Waals surface area contributed by atoms with E-state index in [1.54, 1.807) is 18.2 Å². The number of benzene rings is 1. The van der Waals surface area contributed by atoms with Gasteiger partial charge in [0.15, 0.2) is 0 Å². The van der Waals surface area contributed by atoms with Crippen LogP contribution in [0.1, 0.15) is 6.42 Å². The Morgan fingerprint density at radius 3 is 2.60 bits per heavy atom. The number of hydrogen-bond donors (Lipinski definition) is 0. The Balaban J connectivity index is 2.00. The average Bonchev–Trinajstić information content (AvgIpc) is 2.45. The smallest absolute Gasteiger partial charge is 0.270 e. The van der Waals surface area contributed by atoms with E-state index in [4.69, 9.17) is 6.42 Å². The molecule has 2 rings (SSSR count). The summed E-state index contributed by atoms with van der Waals surface area (Å²) in [5.74, 6) is 2.66. The average molecular weight is 338 g/mol. The number of piperazine rings is 1. The molecule has 1 aliphatic rings. The summed E-state index contributed by atoms with van der Waals surface area (Å²) in [4.78, 5) is 14.9. The van der Waals surface area contributed by atoms with Crippen molar-refractivity contribution in [3.63, 3.8) is 0 Å². The topological polar surface area (TPSA) is 49.6 Å². The van der Waals surface area contributed by atoms with Crippen LogP contribution in [0.4, 0.5) is 11.4 Å². The van der Waals surface area contributed by atoms with Crippen LogP contribution in [0, 0.1) is 22.5 Å². The predicted molar refractivity (Wildman–Crippen MR) is 82.9 cm³/mol. The molecule has 1 saturated heterocycles. The summed E-state index contributed by atoms with van der Waals surface area (Å²) >= 11 is 3.42. The lowest BCUT2D eigenvalue weighted by Crippen LogP contribution is -2.46. The normalized spacial score (nSPS) is 15.9. The van der Waals surface area contributed by atoms with Crippen molar-refractivity contribution in [2.75, 3.05) is 37.6 Å². The quantitative estimate of drug-likeness (QED) is 0.481. The molecule has 0 aromatic heterocycles. The Hall–Kier alpha value is -1.58. The van der Waals surface area contributed by atoms with Crippen molar-refractivity contribution in [2.45, 2.75) is 6.42 Å². The summed E-state index contributed by atoms with van der Waals surface area (Å²) in [5, 5.41) is 10.7. The lowest BCUT2D eigenvalue weighted by atomic mass is 10.2. The van der Waals surface area contributed by atoms with E-state index in [2.05, 4.69) is 31.7 Å². The van der Waals surface area contributed by atoms with Gasteiger partial charge in [-0.3, -0.25) is 15.0 Å². The van der Waals surface area contributed by atoms with Crippen LogP contribution in [-0.2, 0) is 0 Å². The van der Waals surface area contributed by atoms with Gasteiger partial charge in [0.05, 0.1) is 10.6 Å². The molecular weight excluding hydrogens is 322 g/mol. The van der Waals surface area contributed by atoms with Gasteiger partial charge in [-0.1, -0.05) is 0 Å². The first kappa shape index (κ1) is 14.8. The monoisotopic (exact) mass is 337 g/mol. The first-order chi connectivity index (χ1) is 9.61. The molecule has 0 unspecified atom stereocenters. The molecular formula is C14H16BrN3O2. The maximum absolute atomic E-state index is 10.7.